The fourth-order valence-corrected chi connectivity index (χ4v) is 3.60. The van der Waals surface area contributed by atoms with Gasteiger partial charge in [0, 0.05) is 36.6 Å². The zero-order valence-electron chi connectivity index (χ0n) is 19.0. The van der Waals surface area contributed by atoms with Gasteiger partial charge >= 0.3 is 6.18 Å². The van der Waals surface area contributed by atoms with Crippen LogP contribution in [0.4, 0.5) is 24.8 Å². The molecule has 0 spiro atoms. The molecule has 0 bridgehead atoms. The lowest BCUT2D eigenvalue weighted by Gasteiger charge is -2.10. The van der Waals surface area contributed by atoms with Crippen molar-refractivity contribution in [2.75, 3.05) is 10.6 Å². The summed E-state index contributed by atoms with van der Waals surface area (Å²) in [4.78, 5) is 28.8. The van der Waals surface area contributed by atoms with E-state index in [9.17, 15) is 22.8 Å². The Bertz CT molecular complexity index is 1460. The van der Waals surface area contributed by atoms with Crippen LogP contribution < -0.4 is 15.4 Å². The first-order valence-electron chi connectivity index (χ1n) is 11.2. The van der Waals surface area contributed by atoms with E-state index in [0.29, 0.717) is 23.7 Å². The zero-order chi connectivity index (χ0) is 25.4. The van der Waals surface area contributed by atoms with Gasteiger partial charge in [0.25, 0.3) is 5.91 Å². The molecule has 36 heavy (non-hydrogen) atoms. The minimum absolute atomic E-state index is 0.0230. The molecule has 0 radical (unpaired) electrons. The topological polar surface area (TPSA) is 103 Å². The standard InChI is InChI=1S/C24H21F3N6O3/c1-2-32-12-18(19(13-32)24(25,26)27)22(35)28-15-4-3-5-16(10-15)36-17-8-9-20-29-23(31-33(20)11-17)30-21(34)14-6-7-14/h3-5,8-14H,2,6-7H2,1H3,(H,28,35)(H,30,31,34). The SMILES string of the molecule is CCn1cc(C(=O)Nc2cccc(Oc3ccc4nc(NC(=O)C5CC5)nn4c3)c2)c(C(F)(F)F)c1. The van der Waals surface area contributed by atoms with E-state index in [1.165, 1.54) is 21.3 Å². The number of carbonyl (C=O) groups is 2. The van der Waals surface area contributed by atoms with Crippen molar-refractivity contribution < 1.29 is 27.5 Å². The van der Waals surface area contributed by atoms with E-state index < -0.39 is 23.2 Å². The van der Waals surface area contributed by atoms with Crippen LogP contribution in [0.3, 0.4) is 0 Å². The first kappa shape index (κ1) is 23.4. The smallest absolute Gasteiger partial charge is 0.418 e. The molecular formula is C24H21F3N6O3. The quantitative estimate of drug-likeness (QED) is 0.375. The van der Waals surface area contributed by atoms with Gasteiger partial charge in [-0.15, -0.1) is 5.10 Å². The second-order valence-electron chi connectivity index (χ2n) is 8.36. The average molecular weight is 498 g/mol. The number of carbonyl (C=O) groups excluding carboxylic acids is 2. The van der Waals surface area contributed by atoms with E-state index >= 15 is 0 Å². The Hall–Kier alpha value is -4.35. The predicted molar refractivity (Wildman–Crippen MR) is 124 cm³/mol. The second kappa shape index (κ2) is 9.02. The van der Waals surface area contributed by atoms with E-state index in [1.54, 1.807) is 43.5 Å². The van der Waals surface area contributed by atoms with Gasteiger partial charge in [0.15, 0.2) is 5.65 Å². The van der Waals surface area contributed by atoms with Crippen LogP contribution in [0, 0.1) is 5.92 Å². The predicted octanol–water partition coefficient (Wildman–Crippen LogP) is 4.96. The van der Waals surface area contributed by atoms with Crippen molar-refractivity contribution in [2.24, 2.45) is 5.92 Å². The van der Waals surface area contributed by atoms with Crippen molar-refractivity contribution in [3.8, 4) is 11.5 Å². The highest BCUT2D eigenvalue weighted by atomic mass is 19.4. The highest BCUT2D eigenvalue weighted by molar-refractivity contribution is 6.05. The maximum atomic E-state index is 13.4. The van der Waals surface area contributed by atoms with E-state index in [2.05, 4.69) is 20.7 Å². The van der Waals surface area contributed by atoms with Gasteiger partial charge in [-0.2, -0.15) is 18.2 Å². The van der Waals surface area contributed by atoms with Crippen molar-refractivity contribution in [3.05, 3.63) is 66.1 Å². The number of fused-ring (bicyclic) bond motifs is 1. The lowest BCUT2D eigenvalue weighted by atomic mass is 10.1. The highest BCUT2D eigenvalue weighted by Gasteiger charge is 2.37. The van der Waals surface area contributed by atoms with Gasteiger partial charge in [0.1, 0.15) is 11.5 Å². The summed E-state index contributed by atoms with van der Waals surface area (Å²) in [7, 11) is 0. The molecule has 0 unspecified atom stereocenters. The molecule has 2 amide bonds. The number of hydrogen-bond donors (Lipinski definition) is 2. The van der Waals surface area contributed by atoms with Crippen LogP contribution in [0.2, 0.25) is 0 Å². The number of rotatable bonds is 7. The van der Waals surface area contributed by atoms with Crippen LogP contribution >= 0.6 is 0 Å². The van der Waals surface area contributed by atoms with E-state index in [-0.39, 0.29) is 23.5 Å². The van der Waals surface area contributed by atoms with Crippen LogP contribution in [-0.2, 0) is 17.5 Å². The molecule has 0 aliphatic heterocycles. The molecule has 1 fully saturated rings. The van der Waals surface area contributed by atoms with Crippen molar-refractivity contribution in [1.82, 2.24) is 19.2 Å². The summed E-state index contributed by atoms with van der Waals surface area (Å²) in [6, 6.07) is 9.60. The number of anilines is 2. The highest BCUT2D eigenvalue weighted by Crippen LogP contribution is 2.33. The number of hydrogen-bond acceptors (Lipinski definition) is 5. The average Bonchev–Trinajstić information content (AvgIpc) is 3.45. The van der Waals surface area contributed by atoms with E-state index in [0.717, 1.165) is 19.0 Å². The molecule has 186 valence electrons. The largest absolute Gasteiger partial charge is 0.456 e. The van der Waals surface area contributed by atoms with Crippen molar-refractivity contribution in [3.63, 3.8) is 0 Å². The number of amides is 2. The molecule has 3 heterocycles. The number of benzene rings is 1. The van der Waals surface area contributed by atoms with Crippen LogP contribution in [0.5, 0.6) is 11.5 Å². The Labute approximate surface area is 202 Å². The fourth-order valence-electron chi connectivity index (χ4n) is 3.60. The summed E-state index contributed by atoms with van der Waals surface area (Å²) in [5, 5.41) is 9.42. The summed E-state index contributed by atoms with van der Waals surface area (Å²) in [5.74, 6) is -0.0165. The summed E-state index contributed by atoms with van der Waals surface area (Å²) in [6.07, 6.45) is 0.740. The summed E-state index contributed by atoms with van der Waals surface area (Å²) >= 11 is 0. The molecule has 3 aromatic heterocycles. The van der Waals surface area contributed by atoms with Crippen LogP contribution in [0.25, 0.3) is 5.65 Å². The zero-order valence-corrected chi connectivity index (χ0v) is 19.0. The lowest BCUT2D eigenvalue weighted by molar-refractivity contribution is -0.137. The Balaban J connectivity index is 1.30. The molecule has 9 nitrogen and oxygen atoms in total. The summed E-state index contributed by atoms with van der Waals surface area (Å²) in [6.45, 7) is 1.98. The first-order chi connectivity index (χ1) is 17.2. The molecular weight excluding hydrogens is 477 g/mol. The molecule has 1 saturated carbocycles. The Morgan fingerprint density at radius 2 is 1.89 bits per heavy atom. The van der Waals surface area contributed by atoms with Crippen LogP contribution in [0.15, 0.2) is 55.0 Å². The molecule has 5 rings (SSSR count). The van der Waals surface area contributed by atoms with Gasteiger partial charge in [-0.25, -0.2) is 4.52 Å². The Morgan fingerprint density at radius 1 is 1.08 bits per heavy atom. The van der Waals surface area contributed by atoms with Crippen molar-refractivity contribution >= 4 is 29.1 Å². The third-order valence-electron chi connectivity index (χ3n) is 5.61. The second-order valence-corrected chi connectivity index (χ2v) is 8.36. The first-order valence-corrected chi connectivity index (χ1v) is 11.2. The van der Waals surface area contributed by atoms with E-state index in [4.69, 9.17) is 4.74 Å². The molecule has 0 saturated heterocycles. The number of pyridine rings is 1. The molecule has 4 aromatic rings. The van der Waals surface area contributed by atoms with E-state index in [1.807, 2.05) is 0 Å². The Morgan fingerprint density at radius 3 is 2.61 bits per heavy atom. The fraction of sp³-hybridized carbons (Fsp3) is 0.250. The van der Waals surface area contributed by atoms with Crippen LogP contribution in [0.1, 0.15) is 35.7 Å². The minimum atomic E-state index is -4.65. The number of alkyl halides is 3. The third-order valence-corrected chi connectivity index (χ3v) is 5.61. The molecule has 1 aromatic carbocycles. The number of halogens is 3. The molecule has 12 heteroatoms. The maximum absolute atomic E-state index is 13.4. The van der Waals surface area contributed by atoms with Crippen molar-refractivity contribution in [1.29, 1.82) is 0 Å². The van der Waals surface area contributed by atoms with Gasteiger partial charge < -0.3 is 14.6 Å². The number of nitrogens with zero attached hydrogens (tertiary/aromatic N) is 4. The van der Waals surface area contributed by atoms with Crippen molar-refractivity contribution in [2.45, 2.75) is 32.5 Å². The maximum Gasteiger partial charge on any atom is 0.418 e. The van der Waals surface area contributed by atoms with Crippen LogP contribution in [-0.4, -0.2) is 31.0 Å². The number of ether oxygens (including phenoxy) is 1. The monoisotopic (exact) mass is 498 g/mol. The summed E-state index contributed by atoms with van der Waals surface area (Å²) < 4.78 is 48.7. The normalized spacial score (nSPS) is 13.6. The minimum Gasteiger partial charge on any atom is -0.456 e. The number of nitrogens with one attached hydrogen (secondary N) is 2. The van der Waals surface area contributed by atoms with Gasteiger partial charge in [-0.1, -0.05) is 6.07 Å². The molecule has 2 N–H and O–H groups in total. The number of aryl methyl sites for hydroxylation is 1. The van der Waals surface area contributed by atoms with Gasteiger partial charge in [0.05, 0.1) is 17.3 Å². The molecule has 1 aliphatic rings. The lowest BCUT2D eigenvalue weighted by Crippen LogP contribution is -2.16. The third kappa shape index (κ3) is 5.02. The summed E-state index contributed by atoms with van der Waals surface area (Å²) in [5.41, 5.74) is -0.685. The number of aromatic nitrogens is 4. The van der Waals surface area contributed by atoms with Gasteiger partial charge in [0.2, 0.25) is 11.9 Å². The molecule has 0 atom stereocenters. The molecule has 1 aliphatic carbocycles. The van der Waals surface area contributed by atoms with Gasteiger partial charge in [-0.05, 0) is 44.0 Å². The Kier molecular flexibility index (Phi) is 5.86. The van der Waals surface area contributed by atoms with Gasteiger partial charge in [-0.3, -0.25) is 14.9 Å².